The average molecular weight is 1010 g/mol. The Morgan fingerprint density at radius 2 is 1.51 bits per heavy atom. The van der Waals surface area contributed by atoms with Gasteiger partial charge in [-0.2, -0.15) is 5.10 Å². The number of halogens is 2. The van der Waals surface area contributed by atoms with Crippen LogP contribution in [0.1, 0.15) is 116 Å². The lowest BCUT2D eigenvalue weighted by Crippen LogP contribution is -2.56. The van der Waals surface area contributed by atoms with E-state index in [2.05, 4.69) is 21.3 Å². The SMILES string of the molecule is CC(C)C(NC(=O)CCCCCN1C(=O)C=CC1=O)C(=O)N[C@@H](C)C(=O)N[C@@H](CCCCNC(=O)[C@@H](N)CCN(C(=O)CO)[C@@H](c1nn(-c2cc(F)ccc2F)cc1Cc1ccccc1)C(C)(C)C)C(=O)O. The third-order valence-electron chi connectivity index (χ3n) is 12.1. The van der Waals surface area contributed by atoms with Crippen molar-refractivity contribution in [2.45, 2.75) is 130 Å². The van der Waals surface area contributed by atoms with E-state index in [-0.39, 0.29) is 68.7 Å². The van der Waals surface area contributed by atoms with Crippen LogP contribution < -0.4 is 27.0 Å². The number of amides is 7. The predicted octanol–water partition coefficient (Wildman–Crippen LogP) is 3.35. The van der Waals surface area contributed by atoms with E-state index in [1.807, 2.05) is 51.1 Å². The second kappa shape index (κ2) is 27.1. The number of benzene rings is 2. The van der Waals surface area contributed by atoms with Gasteiger partial charge in [-0.25, -0.2) is 18.3 Å². The summed E-state index contributed by atoms with van der Waals surface area (Å²) < 4.78 is 30.7. The average Bonchev–Trinajstić information content (AvgIpc) is 3.88. The van der Waals surface area contributed by atoms with Crippen molar-refractivity contribution < 1.29 is 57.4 Å². The molecule has 1 unspecified atom stereocenters. The van der Waals surface area contributed by atoms with Crippen molar-refractivity contribution in [2.75, 3.05) is 26.2 Å². The minimum absolute atomic E-state index is 0.0177. The molecule has 21 heteroatoms. The molecule has 1 aliphatic rings. The fourth-order valence-electron chi connectivity index (χ4n) is 8.22. The summed E-state index contributed by atoms with van der Waals surface area (Å²) >= 11 is 0. The Kier molecular flexibility index (Phi) is 21.7. The molecule has 0 saturated carbocycles. The van der Waals surface area contributed by atoms with Crippen molar-refractivity contribution in [1.29, 1.82) is 0 Å². The summed E-state index contributed by atoms with van der Waals surface area (Å²) in [6.45, 7) is 9.77. The number of carbonyl (C=O) groups excluding carboxylic acids is 7. The van der Waals surface area contributed by atoms with Crippen molar-refractivity contribution in [1.82, 2.24) is 40.8 Å². The maximum Gasteiger partial charge on any atom is 0.326 e. The number of carbonyl (C=O) groups is 8. The lowest BCUT2D eigenvalue weighted by molar-refractivity contribution is -0.142. The number of rotatable bonds is 28. The second-order valence-corrected chi connectivity index (χ2v) is 19.3. The van der Waals surface area contributed by atoms with Crippen molar-refractivity contribution in [3.63, 3.8) is 0 Å². The molecule has 0 aliphatic carbocycles. The van der Waals surface area contributed by atoms with Gasteiger partial charge < -0.3 is 42.1 Å². The van der Waals surface area contributed by atoms with E-state index in [1.165, 1.54) is 28.7 Å². The molecule has 4 rings (SSSR count). The van der Waals surface area contributed by atoms with E-state index in [9.17, 15) is 53.0 Å². The molecule has 0 fully saturated rings. The van der Waals surface area contributed by atoms with Crippen LogP contribution >= 0.6 is 0 Å². The molecule has 0 saturated heterocycles. The number of hydrogen-bond acceptors (Lipinski definition) is 11. The first-order chi connectivity index (χ1) is 34.0. The molecular weight excluding hydrogens is 937 g/mol. The van der Waals surface area contributed by atoms with Crippen molar-refractivity contribution in [3.8, 4) is 5.69 Å². The number of aliphatic hydroxyl groups excluding tert-OH is 1. The van der Waals surface area contributed by atoms with E-state index in [0.29, 0.717) is 43.4 Å². The number of carboxylic acids is 1. The number of unbranched alkanes of at least 4 members (excludes halogenated alkanes) is 3. The zero-order chi connectivity index (χ0) is 53.3. The fourth-order valence-corrected chi connectivity index (χ4v) is 8.22. The summed E-state index contributed by atoms with van der Waals surface area (Å²) in [6, 6.07) is 6.93. The first kappa shape index (κ1) is 57.7. The van der Waals surface area contributed by atoms with Crippen LogP contribution in [0.5, 0.6) is 0 Å². The van der Waals surface area contributed by atoms with E-state index in [4.69, 9.17) is 10.8 Å². The normalized spacial score (nSPS) is 14.6. The largest absolute Gasteiger partial charge is 0.480 e. The quantitative estimate of drug-likeness (QED) is 0.0408. The first-order valence-electron chi connectivity index (χ1n) is 24.2. The van der Waals surface area contributed by atoms with Crippen LogP contribution in [0.15, 0.2) is 66.9 Å². The first-order valence-corrected chi connectivity index (χ1v) is 24.2. The molecule has 1 aromatic heterocycles. The summed E-state index contributed by atoms with van der Waals surface area (Å²) in [4.78, 5) is 104. The Morgan fingerprint density at radius 1 is 0.833 bits per heavy atom. The molecule has 19 nitrogen and oxygen atoms in total. The maximum absolute atomic E-state index is 15.1. The number of nitrogens with zero attached hydrogens (tertiary/aromatic N) is 4. The number of nitrogens with one attached hydrogen (secondary N) is 4. The fraction of sp³-hybridized carbons (Fsp3) is 0.510. The van der Waals surface area contributed by atoms with Crippen molar-refractivity contribution >= 4 is 47.3 Å². The Hall–Kier alpha value is -6.87. The zero-order valence-electron chi connectivity index (χ0n) is 41.8. The van der Waals surface area contributed by atoms with Gasteiger partial charge in [-0.15, -0.1) is 0 Å². The number of aliphatic hydroxyl groups is 1. The van der Waals surface area contributed by atoms with Gasteiger partial charge in [0.1, 0.15) is 42.1 Å². The van der Waals surface area contributed by atoms with Gasteiger partial charge in [0.05, 0.1) is 17.8 Å². The highest BCUT2D eigenvalue weighted by molar-refractivity contribution is 6.12. The standard InChI is InChI=1S/C51H69F2N9O10/c1-31(2)44(58-40(64)18-11-8-14-25-60-41(65)21-22-42(60)66)49(70)56-32(3)47(68)57-38(50(71)72)17-12-13-24-55-48(69)37(54)23-26-61(43(67)30-63)46(51(4,5)6)45-34(27-33-15-9-7-10-16-33)29-62(59-45)39-28-35(52)19-20-36(39)53/h7,9-10,15-16,19-22,28-29,31-32,37-38,44,46,63H,8,11-14,17-18,23-27,30,54H2,1-6H3,(H,55,69)(H,56,70)(H,57,68)(H,58,64)(H,71,72)/t32-,37-,38-,44?,46-/m0/s1. The van der Waals surface area contributed by atoms with Gasteiger partial charge in [0.15, 0.2) is 0 Å². The molecule has 0 spiro atoms. The molecule has 1 aliphatic heterocycles. The van der Waals surface area contributed by atoms with Crippen LogP contribution in [0.2, 0.25) is 0 Å². The van der Waals surface area contributed by atoms with Crippen LogP contribution in [-0.4, -0.2) is 128 Å². The summed E-state index contributed by atoms with van der Waals surface area (Å²) in [5.41, 5.74) is 7.31. The molecule has 3 aromatic rings. The van der Waals surface area contributed by atoms with Gasteiger partial charge in [-0.3, -0.25) is 38.5 Å². The minimum Gasteiger partial charge on any atom is -0.480 e. The van der Waals surface area contributed by atoms with E-state index >= 15 is 4.39 Å². The summed E-state index contributed by atoms with van der Waals surface area (Å²) in [5.74, 6) is -6.85. The maximum atomic E-state index is 15.1. The Bertz CT molecular complexity index is 2410. The number of carboxylic acid groups (broad SMARTS) is 1. The van der Waals surface area contributed by atoms with E-state index in [0.717, 1.165) is 28.7 Å². The molecule has 2 heterocycles. The molecule has 392 valence electrons. The van der Waals surface area contributed by atoms with Gasteiger partial charge in [-0.05, 0) is 74.5 Å². The van der Waals surface area contributed by atoms with E-state index < -0.39 is 89.4 Å². The molecule has 0 radical (unpaired) electrons. The van der Waals surface area contributed by atoms with Crippen LogP contribution in [0.3, 0.4) is 0 Å². The van der Waals surface area contributed by atoms with Gasteiger partial charge >= 0.3 is 5.97 Å². The Balaban J connectivity index is 1.28. The number of aliphatic carboxylic acids is 1. The number of aromatic nitrogens is 2. The monoisotopic (exact) mass is 1010 g/mol. The van der Waals surface area contributed by atoms with Gasteiger partial charge in [-0.1, -0.05) is 71.4 Å². The number of nitrogens with two attached hydrogens (primary N) is 1. The van der Waals surface area contributed by atoms with Gasteiger partial charge in [0.2, 0.25) is 29.5 Å². The van der Waals surface area contributed by atoms with Gasteiger partial charge in [0, 0.05) is 62.5 Å². The molecule has 5 atom stereocenters. The predicted molar refractivity (Wildman–Crippen MR) is 261 cm³/mol. The minimum atomic E-state index is -1.33. The summed E-state index contributed by atoms with van der Waals surface area (Å²) in [5, 5.41) is 35.1. The Morgan fingerprint density at radius 3 is 2.14 bits per heavy atom. The van der Waals surface area contributed by atoms with Crippen LogP contribution in [-0.2, 0) is 44.8 Å². The Labute approximate surface area is 418 Å². The third-order valence-corrected chi connectivity index (χ3v) is 12.1. The molecule has 0 bridgehead atoms. The summed E-state index contributed by atoms with van der Waals surface area (Å²) in [7, 11) is 0. The smallest absolute Gasteiger partial charge is 0.326 e. The van der Waals surface area contributed by atoms with Crippen LogP contribution in [0.4, 0.5) is 8.78 Å². The van der Waals surface area contributed by atoms with Crippen molar-refractivity contribution in [3.05, 3.63) is 95.3 Å². The molecular formula is C51H69F2N9O10. The number of imide groups is 1. The van der Waals surface area contributed by atoms with Crippen LogP contribution in [0, 0.1) is 23.0 Å². The third kappa shape index (κ3) is 16.9. The highest BCUT2D eigenvalue weighted by Gasteiger charge is 2.39. The zero-order valence-corrected chi connectivity index (χ0v) is 41.8. The lowest BCUT2D eigenvalue weighted by atomic mass is 9.81. The summed E-state index contributed by atoms with van der Waals surface area (Å²) in [6.07, 6.45) is 6.42. The van der Waals surface area contributed by atoms with Crippen molar-refractivity contribution in [2.24, 2.45) is 17.1 Å². The number of hydrogen-bond donors (Lipinski definition) is 7. The molecule has 2 aromatic carbocycles. The van der Waals surface area contributed by atoms with Gasteiger partial charge in [0.25, 0.3) is 11.8 Å². The lowest BCUT2D eigenvalue weighted by Gasteiger charge is -2.40. The highest BCUT2D eigenvalue weighted by Crippen LogP contribution is 2.40. The van der Waals surface area contributed by atoms with Crippen LogP contribution in [0.25, 0.3) is 5.69 Å². The molecule has 72 heavy (non-hydrogen) atoms. The highest BCUT2D eigenvalue weighted by atomic mass is 19.1. The van der Waals surface area contributed by atoms with E-state index in [1.54, 1.807) is 20.0 Å². The molecule has 8 N–H and O–H groups in total. The topological polar surface area (TPSA) is 275 Å². The second-order valence-electron chi connectivity index (χ2n) is 19.3. The molecule has 7 amide bonds.